The van der Waals surface area contributed by atoms with Crippen LogP contribution in [-0.2, 0) is 6.54 Å². The lowest BCUT2D eigenvalue weighted by Crippen LogP contribution is -2.42. The van der Waals surface area contributed by atoms with E-state index in [1.165, 1.54) is 9.47 Å². The van der Waals surface area contributed by atoms with Gasteiger partial charge < -0.3 is 15.4 Å². The fourth-order valence-corrected chi connectivity index (χ4v) is 3.49. The zero-order chi connectivity index (χ0) is 24.0. The Bertz CT molecular complexity index is 1220. The van der Waals surface area contributed by atoms with Crippen LogP contribution in [0.1, 0.15) is 44.0 Å². The summed E-state index contributed by atoms with van der Waals surface area (Å²) in [6.07, 6.45) is 1.47. The van der Waals surface area contributed by atoms with Crippen molar-refractivity contribution < 1.29 is 9.53 Å². The Hall–Kier alpha value is -3.81. The number of nitrogen functional groups attached to an aromatic ring is 1. The van der Waals surface area contributed by atoms with Crippen molar-refractivity contribution in [3.63, 3.8) is 0 Å². The minimum absolute atomic E-state index is 0.0110. The van der Waals surface area contributed by atoms with Crippen LogP contribution in [-0.4, -0.2) is 22.0 Å². The van der Waals surface area contributed by atoms with Gasteiger partial charge >= 0.3 is 5.69 Å². The number of hydrogen-bond acceptors (Lipinski definition) is 5. The Kier molecular flexibility index (Phi) is 7.71. The van der Waals surface area contributed by atoms with Crippen molar-refractivity contribution in [2.45, 2.75) is 40.2 Å². The summed E-state index contributed by atoms with van der Waals surface area (Å²) in [6.45, 7) is 6.48. The molecule has 0 aliphatic heterocycles. The topological polar surface area (TPSA) is 110 Å². The van der Waals surface area contributed by atoms with E-state index in [-0.39, 0.29) is 24.0 Å². The summed E-state index contributed by atoms with van der Waals surface area (Å²) in [6, 6.07) is 16.0. The number of unbranched alkanes of at least 4 members (excludes halogenated alkanes) is 1. The Labute approximate surface area is 192 Å². The second-order valence-electron chi connectivity index (χ2n) is 8.25. The molecule has 1 amide bonds. The van der Waals surface area contributed by atoms with Crippen molar-refractivity contribution in [3.05, 3.63) is 81.0 Å². The van der Waals surface area contributed by atoms with Crippen molar-refractivity contribution in [1.82, 2.24) is 9.55 Å². The smallest absolute Gasteiger partial charge is 0.330 e. The van der Waals surface area contributed by atoms with Gasteiger partial charge in [0.1, 0.15) is 17.3 Å². The van der Waals surface area contributed by atoms with Crippen molar-refractivity contribution in [3.8, 4) is 11.5 Å². The molecule has 174 valence electrons. The predicted octanol–water partition coefficient (Wildman–Crippen LogP) is 4.01. The molecule has 0 saturated carbocycles. The average molecular weight is 451 g/mol. The summed E-state index contributed by atoms with van der Waals surface area (Å²) < 4.78 is 7.16. The third-order valence-electron chi connectivity index (χ3n) is 5.07. The zero-order valence-corrected chi connectivity index (χ0v) is 19.2. The molecule has 0 fully saturated rings. The molecular formula is C25H30N4O4. The van der Waals surface area contributed by atoms with Crippen molar-refractivity contribution in [2.24, 2.45) is 5.92 Å². The van der Waals surface area contributed by atoms with Gasteiger partial charge in [-0.1, -0.05) is 51.5 Å². The summed E-state index contributed by atoms with van der Waals surface area (Å²) in [7, 11) is 0. The number of ether oxygens (including phenoxy) is 1. The molecule has 33 heavy (non-hydrogen) atoms. The molecule has 3 N–H and O–H groups in total. The normalized spacial score (nSPS) is 10.9. The van der Waals surface area contributed by atoms with E-state index < -0.39 is 17.2 Å². The number of para-hydroxylation sites is 1. The van der Waals surface area contributed by atoms with Crippen LogP contribution in [0, 0.1) is 5.92 Å². The average Bonchev–Trinajstić information content (AvgIpc) is 2.79. The summed E-state index contributed by atoms with van der Waals surface area (Å²) in [5.74, 6) is 0.850. The lowest BCUT2D eigenvalue weighted by Gasteiger charge is -2.25. The summed E-state index contributed by atoms with van der Waals surface area (Å²) >= 11 is 0. The van der Waals surface area contributed by atoms with Crippen molar-refractivity contribution in [2.75, 3.05) is 17.2 Å². The number of hydrogen-bond donors (Lipinski definition) is 2. The fraction of sp³-hybridized carbons (Fsp3) is 0.320. The van der Waals surface area contributed by atoms with E-state index >= 15 is 0 Å². The fourth-order valence-electron chi connectivity index (χ4n) is 3.49. The van der Waals surface area contributed by atoms with E-state index in [2.05, 4.69) is 4.98 Å². The van der Waals surface area contributed by atoms with E-state index in [0.29, 0.717) is 30.0 Å². The van der Waals surface area contributed by atoms with Gasteiger partial charge in [0.2, 0.25) is 0 Å². The number of nitrogens with zero attached hydrogens (tertiary/aromatic N) is 2. The summed E-state index contributed by atoms with van der Waals surface area (Å²) in [4.78, 5) is 42.4. The van der Waals surface area contributed by atoms with Crippen LogP contribution in [0.3, 0.4) is 0 Å². The molecule has 1 heterocycles. The van der Waals surface area contributed by atoms with Gasteiger partial charge in [0.25, 0.3) is 11.5 Å². The number of benzene rings is 2. The third kappa shape index (κ3) is 5.71. The van der Waals surface area contributed by atoms with E-state index in [1.54, 1.807) is 24.3 Å². The second-order valence-corrected chi connectivity index (χ2v) is 8.25. The van der Waals surface area contributed by atoms with Gasteiger partial charge in [-0.15, -0.1) is 0 Å². The zero-order valence-electron chi connectivity index (χ0n) is 19.2. The summed E-state index contributed by atoms with van der Waals surface area (Å²) in [5.41, 5.74) is 5.35. The van der Waals surface area contributed by atoms with E-state index in [4.69, 9.17) is 10.5 Å². The second kappa shape index (κ2) is 10.7. The lowest BCUT2D eigenvalue weighted by molar-refractivity contribution is 0.0986. The highest BCUT2D eigenvalue weighted by Crippen LogP contribution is 2.25. The first-order valence-corrected chi connectivity index (χ1v) is 11.1. The highest BCUT2D eigenvalue weighted by atomic mass is 16.5. The number of nitrogens with two attached hydrogens (primary N) is 1. The highest BCUT2D eigenvalue weighted by molar-refractivity contribution is 6.07. The maximum absolute atomic E-state index is 13.6. The first kappa shape index (κ1) is 23.8. The quantitative estimate of drug-likeness (QED) is 0.512. The van der Waals surface area contributed by atoms with Crippen LogP contribution in [0.2, 0.25) is 0 Å². The number of nitrogens with one attached hydrogen (secondary N) is 1. The van der Waals surface area contributed by atoms with Crippen LogP contribution in [0.4, 0.5) is 11.5 Å². The van der Waals surface area contributed by atoms with Gasteiger partial charge in [-0.2, -0.15) is 0 Å². The van der Waals surface area contributed by atoms with Crippen LogP contribution in [0.5, 0.6) is 11.5 Å². The van der Waals surface area contributed by atoms with Gasteiger partial charge in [-0.3, -0.25) is 19.1 Å². The molecule has 0 aliphatic carbocycles. The van der Waals surface area contributed by atoms with Crippen molar-refractivity contribution in [1.29, 1.82) is 0 Å². The van der Waals surface area contributed by atoms with Crippen LogP contribution in [0.15, 0.2) is 64.2 Å². The molecule has 1 aromatic heterocycles. The standard InChI is InChI=1S/C25H30N4O4/c1-4-5-14-28(21-22(26)29(16-17(2)3)25(32)27-23(21)30)24(31)18-10-9-13-20(15-18)33-19-11-7-6-8-12-19/h6-13,15,17H,4-5,14,16,26H2,1-3H3,(H,27,30,32). The molecule has 0 spiro atoms. The molecule has 2 aromatic carbocycles. The summed E-state index contributed by atoms with van der Waals surface area (Å²) in [5, 5.41) is 0. The number of carbonyl (C=O) groups is 1. The predicted molar refractivity (Wildman–Crippen MR) is 130 cm³/mol. The Balaban J connectivity index is 2.02. The van der Waals surface area contributed by atoms with Gasteiger partial charge in [0.05, 0.1) is 0 Å². The van der Waals surface area contributed by atoms with Crippen molar-refractivity contribution >= 4 is 17.4 Å². The minimum atomic E-state index is -0.682. The lowest BCUT2D eigenvalue weighted by atomic mass is 10.1. The number of amides is 1. The SMILES string of the molecule is CCCCN(C(=O)c1cccc(Oc2ccccc2)c1)c1c(N)n(CC(C)C)c(=O)[nH]c1=O. The molecule has 8 heteroatoms. The molecule has 0 radical (unpaired) electrons. The minimum Gasteiger partial charge on any atom is -0.457 e. The molecule has 3 aromatic rings. The molecule has 0 unspecified atom stereocenters. The monoisotopic (exact) mass is 450 g/mol. The number of carbonyl (C=O) groups excluding carboxylic acids is 1. The number of aromatic amines is 1. The number of anilines is 2. The molecule has 0 saturated heterocycles. The number of rotatable bonds is 9. The van der Waals surface area contributed by atoms with E-state index in [0.717, 1.165) is 6.42 Å². The highest BCUT2D eigenvalue weighted by Gasteiger charge is 2.25. The van der Waals surface area contributed by atoms with Crippen LogP contribution >= 0.6 is 0 Å². The largest absolute Gasteiger partial charge is 0.457 e. The number of H-pyrrole nitrogens is 1. The maximum atomic E-state index is 13.6. The van der Waals surface area contributed by atoms with Crippen LogP contribution in [0.25, 0.3) is 0 Å². The Morgan fingerprint density at radius 1 is 1.09 bits per heavy atom. The molecule has 0 bridgehead atoms. The number of aromatic nitrogens is 2. The molecular weight excluding hydrogens is 420 g/mol. The van der Waals surface area contributed by atoms with Crippen LogP contribution < -0.4 is 26.6 Å². The molecule has 0 atom stereocenters. The first-order chi connectivity index (χ1) is 15.8. The first-order valence-electron chi connectivity index (χ1n) is 11.1. The molecule has 3 rings (SSSR count). The Morgan fingerprint density at radius 2 is 1.79 bits per heavy atom. The van der Waals surface area contributed by atoms with E-state index in [9.17, 15) is 14.4 Å². The molecule has 0 aliphatic rings. The third-order valence-corrected chi connectivity index (χ3v) is 5.07. The molecule has 8 nitrogen and oxygen atoms in total. The van der Waals surface area contributed by atoms with Gasteiger partial charge in [0.15, 0.2) is 5.69 Å². The maximum Gasteiger partial charge on any atom is 0.330 e. The van der Waals surface area contributed by atoms with E-state index in [1.807, 2.05) is 51.1 Å². The Morgan fingerprint density at radius 3 is 2.45 bits per heavy atom. The van der Waals surface area contributed by atoms with Gasteiger partial charge in [0, 0.05) is 18.7 Å². The van der Waals surface area contributed by atoms with Gasteiger partial charge in [-0.25, -0.2) is 4.79 Å². The van der Waals surface area contributed by atoms with Gasteiger partial charge in [-0.05, 0) is 42.7 Å².